The van der Waals surface area contributed by atoms with Crippen molar-refractivity contribution < 1.29 is 9.53 Å². The lowest BCUT2D eigenvalue weighted by molar-refractivity contribution is 0.0853. The van der Waals surface area contributed by atoms with Crippen molar-refractivity contribution in [1.82, 2.24) is 4.98 Å². The number of nitrogens with two attached hydrogens (primary N) is 1. The zero-order valence-electron chi connectivity index (χ0n) is 9.50. The van der Waals surface area contributed by atoms with Crippen LogP contribution < -0.4 is 10.5 Å². The van der Waals surface area contributed by atoms with E-state index in [0.29, 0.717) is 11.4 Å². The third-order valence-corrected chi connectivity index (χ3v) is 2.02. The summed E-state index contributed by atoms with van der Waals surface area (Å²) in [5.41, 5.74) is 5.55. The van der Waals surface area contributed by atoms with Gasteiger partial charge < -0.3 is 10.5 Å². The number of hydrogen-bond acceptors (Lipinski definition) is 4. The van der Waals surface area contributed by atoms with Crippen molar-refractivity contribution >= 4 is 11.6 Å². The van der Waals surface area contributed by atoms with Crippen LogP contribution in [0.1, 0.15) is 31.3 Å². The Kier molecular flexibility index (Phi) is 2.98. The summed E-state index contributed by atoms with van der Waals surface area (Å²) in [6, 6.07) is 3.28. The van der Waals surface area contributed by atoms with Gasteiger partial charge in [0.05, 0.1) is 7.11 Å². The van der Waals surface area contributed by atoms with Gasteiger partial charge in [-0.25, -0.2) is 4.98 Å². The number of ketones is 1. The van der Waals surface area contributed by atoms with Gasteiger partial charge in [-0.1, -0.05) is 20.8 Å². The Bertz CT molecular complexity index is 381. The highest BCUT2D eigenvalue weighted by Crippen LogP contribution is 2.23. The summed E-state index contributed by atoms with van der Waals surface area (Å²) in [5, 5.41) is 0. The standard InChI is InChI=1S/C11H16N2O2/c1-11(2,3)9(14)7-5-6-8(15-4)10(12)13-7/h5-6H,1-4H3,(H2,12,13). The number of carbonyl (C=O) groups excluding carboxylic acids is 1. The van der Waals surface area contributed by atoms with Crippen LogP contribution in [0, 0.1) is 5.41 Å². The van der Waals surface area contributed by atoms with Crippen LogP contribution in [0.3, 0.4) is 0 Å². The fourth-order valence-corrected chi connectivity index (χ4v) is 1.15. The van der Waals surface area contributed by atoms with Crippen LogP contribution in [-0.2, 0) is 0 Å². The van der Waals surface area contributed by atoms with Crippen molar-refractivity contribution in [2.45, 2.75) is 20.8 Å². The molecule has 0 radical (unpaired) electrons. The molecule has 0 aliphatic carbocycles. The average molecular weight is 208 g/mol. The van der Waals surface area contributed by atoms with Crippen LogP contribution >= 0.6 is 0 Å². The number of pyridine rings is 1. The van der Waals surface area contributed by atoms with Gasteiger partial charge in [0, 0.05) is 5.41 Å². The van der Waals surface area contributed by atoms with Crippen molar-refractivity contribution in [2.24, 2.45) is 5.41 Å². The van der Waals surface area contributed by atoms with E-state index >= 15 is 0 Å². The van der Waals surface area contributed by atoms with Gasteiger partial charge in [-0.3, -0.25) is 4.79 Å². The second kappa shape index (κ2) is 3.88. The molecule has 0 atom stereocenters. The van der Waals surface area contributed by atoms with Gasteiger partial charge in [0.1, 0.15) is 5.69 Å². The Morgan fingerprint density at radius 1 is 1.40 bits per heavy atom. The molecule has 1 aromatic rings. The molecule has 15 heavy (non-hydrogen) atoms. The number of Topliss-reactive ketones (excluding diaryl/α,β-unsaturated/α-hetero) is 1. The Hall–Kier alpha value is -1.58. The fraction of sp³-hybridized carbons (Fsp3) is 0.455. The lowest BCUT2D eigenvalue weighted by Crippen LogP contribution is -2.21. The molecule has 82 valence electrons. The van der Waals surface area contributed by atoms with Gasteiger partial charge >= 0.3 is 0 Å². The molecule has 4 nitrogen and oxygen atoms in total. The number of aromatic nitrogens is 1. The molecule has 0 saturated carbocycles. The monoisotopic (exact) mass is 208 g/mol. The van der Waals surface area contributed by atoms with Gasteiger partial charge in [-0.05, 0) is 12.1 Å². The highest BCUT2D eigenvalue weighted by Gasteiger charge is 2.24. The predicted molar refractivity (Wildman–Crippen MR) is 59.0 cm³/mol. The molecular formula is C11H16N2O2. The summed E-state index contributed by atoms with van der Waals surface area (Å²) in [4.78, 5) is 15.9. The quantitative estimate of drug-likeness (QED) is 0.754. The van der Waals surface area contributed by atoms with E-state index in [1.807, 2.05) is 20.8 Å². The van der Waals surface area contributed by atoms with E-state index in [4.69, 9.17) is 10.5 Å². The van der Waals surface area contributed by atoms with Crippen molar-refractivity contribution in [3.05, 3.63) is 17.8 Å². The van der Waals surface area contributed by atoms with Crippen LogP contribution in [0.5, 0.6) is 5.75 Å². The summed E-state index contributed by atoms with van der Waals surface area (Å²) in [6.07, 6.45) is 0. The number of nitrogen functional groups attached to an aromatic ring is 1. The van der Waals surface area contributed by atoms with E-state index in [-0.39, 0.29) is 11.6 Å². The molecule has 0 spiro atoms. The number of nitrogens with zero attached hydrogens (tertiary/aromatic N) is 1. The minimum absolute atomic E-state index is 0.0307. The lowest BCUT2D eigenvalue weighted by atomic mass is 9.89. The first-order chi connectivity index (χ1) is 6.86. The first-order valence-electron chi connectivity index (χ1n) is 4.71. The Morgan fingerprint density at radius 2 is 2.00 bits per heavy atom. The maximum Gasteiger partial charge on any atom is 0.186 e. The summed E-state index contributed by atoms with van der Waals surface area (Å²) in [6.45, 7) is 5.53. The molecule has 0 bridgehead atoms. The zero-order valence-corrected chi connectivity index (χ0v) is 9.50. The predicted octanol–water partition coefficient (Wildman–Crippen LogP) is 1.90. The van der Waals surface area contributed by atoms with Gasteiger partial charge in [-0.2, -0.15) is 0 Å². The maximum absolute atomic E-state index is 11.9. The van der Waals surface area contributed by atoms with Crippen molar-refractivity contribution in [3.8, 4) is 5.75 Å². The zero-order chi connectivity index (χ0) is 11.6. The van der Waals surface area contributed by atoms with Crippen LogP contribution in [-0.4, -0.2) is 17.9 Å². The van der Waals surface area contributed by atoms with Crippen molar-refractivity contribution in [3.63, 3.8) is 0 Å². The van der Waals surface area contributed by atoms with Crippen LogP contribution in [0.15, 0.2) is 12.1 Å². The largest absolute Gasteiger partial charge is 0.493 e. The first kappa shape index (κ1) is 11.5. The summed E-state index contributed by atoms with van der Waals surface area (Å²) in [5.74, 6) is 0.699. The summed E-state index contributed by atoms with van der Waals surface area (Å²) in [7, 11) is 1.51. The molecule has 2 N–H and O–H groups in total. The third-order valence-electron chi connectivity index (χ3n) is 2.02. The van der Waals surface area contributed by atoms with Crippen LogP contribution in [0.2, 0.25) is 0 Å². The number of rotatable bonds is 2. The second-order valence-electron chi connectivity index (χ2n) is 4.36. The third kappa shape index (κ3) is 2.46. The van der Waals surface area contributed by atoms with Crippen LogP contribution in [0.4, 0.5) is 5.82 Å². The molecule has 0 unspecified atom stereocenters. The number of ether oxygens (including phenoxy) is 1. The van der Waals surface area contributed by atoms with E-state index in [1.54, 1.807) is 12.1 Å². The van der Waals surface area contributed by atoms with E-state index < -0.39 is 5.41 Å². The number of methoxy groups -OCH3 is 1. The minimum Gasteiger partial charge on any atom is -0.493 e. The summed E-state index contributed by atoms with van der Waals surface area (Å²) >= 11 is 0. The van der Waals surface area contributed by atoms with Gasteiger partial charge in [-0.15, -0.1) is 0 Å². The van der Waals surface area contributed by atoms with Crippen molar-refractivity contribution in [2.75, 3.05) is 12.8 Å². The number of anilines is 1. The van der Waals surface area contributed by atoms with E-state index in [0.717, 1.165) is 0 Å². The smallest absolute Gasteiger partial charge is 0.186 e. The van der Waals surface area contributed by atoms with Crippen LogP contribution in [0.25, 0.3) is 0 Å². The average Bonchev–Trinajstić information content (AvgIpc) is 2.15. The van der Waals surface area contributed by atoms with Gasteiger partial charge in [0.15, 0.2) is 17.4 Å². The fourth-order valence-electron chi connectivity index (χ4n) is 1.15. The molecule has 0 aliphatic rings. The molecule has 0 saturated heterocycles. The molecule has 1 aromatic heterocycles. The highest BCUT2D eigenvalue weighted by molar-refractivity contribution is 5.98. The Labute approximate surface area is 89.5 Å². The number of carbonyl (C=O) groups is 1. The molecule has 0 amide bonds. The second-order valence-corrected chi connectivity index (χ2v) is 4.36. The Morgan fingerprint density at radius 3 is 2.40 bits per heavy atom. The molecule has 1 rings (SSSR count). The summed E-state index contributed by atoms with van der Waals surface area (Å²) < 4.78 is 4.97. The molecule has 0 fully saturated rings. The topological polar surface area (TPSA) is 65.2 Å². The molecule has 0 aromatic carbocycles. The maximum atomic E-state index is 11.9. The minimum atomic E-state index is -0.450. The van der Waals surface area contributed by atoms with E-state index in [1.165, 1.54) is 7.11 Å². The first-order valence-corrected chi connectivity index (χ1v) is 4.71. The molecular weight excluding hydrogens is 192 g/mol. The lowest BCUT2D eigenvalue weighted by Gasteiger charge is -2.16. The molecule has 1 heterocycles. The van der Waals surface area contributed by atoms with E-state index in [2.05, 4.69) is 4.98 Å². The van der Waals surface area contributed by atoms with Gasteiger partial charge in [0.25, 0.3) is 0 Å². The number of hydrogen-bond donors (Lipinski definition) is 1. The Balaban J connectivity index is 3.08. The van der Waals surface area contributed by atoms with Gasteiger partial charge in [0.2, 0.25) is 0 Å². The normalized spacial score (nSPS) is 11.2. The molecule has 0 aliphatic heterocycles. The highest BCUT2D eigenvalue weighted by atomic mass is 16.5. The van der Waals surface area contributed by atoms with Crippen molar-refractivity contribution in [1.29, 1.82) is 0 Å². The van der Waals surface area contributed by atoms with E-state index in [9.17, 15) is 4.79 Å². The SMILES string of the molecule is COc1ccc(C(=O)C(C)(C)C)nc1N. The molecule has 4 heteroatoms.